The molecule has 1 unspecified atom stereocenters. The van der Waals surface area contributed by atoms with Gasteiger partial charge in [-0.1, -0.05) is 0 Å². The number of ketones is 1. The van der Waals surface area contributed by atoms with Crippen molar-refractivity contribution in [3.8, 4) is 0 Å². The van der Waals surface area contributed by atoms with Gasteiger partial charge in [0, 0.05) is 0 Å². The molecule has 1 saturated heterocycles. The first kappa shape index (κ1) is 17.6. The Kier molecular flexibility index (Phi) is 5.27. The predicted octanol–water partition coefficient (Wildman–Crippen LogP) is 1.24. The Morgan fingerprint density at radius 3 is 2.54 bits per heavy atom. The molecule has 0 bridgehead atoms. The summed E-state index contributed by atoms with van der Waals surface area (Å²) in [6, 6.07) is 14.9. The van der Waals surface area contributed by atoms with Crippen LogP contribution < -0.4 is 9.36 Å². The van der Waals surface area contributed by atoms with Crippen LogP contribution in [0.4, 0.5) is 5.69 Å². The van der Waals surface area contributed by atoms with Crippen LogP contribution >= 0.6 is 0 Å². The molecule has 1 atom stereocenters. The molecule has 2 aliphatic rings. The number of ether oxygens (including phenoxy) is 1. The molecule has 0 amide bonds. The maximum atomic E-state index is 12.7. The first-order valence-corrected chi connectivity index (χ1v) is 11.7. The quantitative estimate of drug-likeness (QED) is 0.541. The Balaban J connectivity index is 1.49. The molecule has 6 heteroatoms. The molecule has 5 nitrogen and oxygen atoms in total. The summed E-state index contributed by atoms with van der Waals surface area (Å²) in [6.07, 6.45) is 0. The second-order valence-corrected chi connectivity index (χ2v) is 9.48. The van der Waals surface area contributed by atoms with Crippen molar-refractivity contribution in [2.75, 3.05) is 49.7 Å². The van der Waals surface area contributed by atoms with Crippen molar-refractivity contribution in [3.63, 3.8) is 0 Å². The summed E-state index contributed by atoms with van der Waals surface area (Å²) in [6.45, 7) is 5.32. The summed E-state index contributed by atoms with van der Waals surface area (Å²) in [5, 5.41) is 0. The number of benzene rings is 2. The molecule has 0 N–H and O–H groups in total. The molecule has 0 aliphatic carbocycles. The Bertz CT molecular complexity index is 819. The predicted molar refractivity (Wildman–Crippen MR) is 102 cm³/mol. The van der Waals surface area contributed by atoms with Crippen LogP contribution in [0, 0.1) is 0 Å². The molecule has 136 valence electrons. The van der Waals surface area contributed by atoms with Crippen molar-refractivity contribution in [1.82, 2.24) is 4.90 Å². The minimum atomic E-state index is -2.11. The van der Waals surface area contributed by atoms with Gasteiger partial charge in [-0.15, -0.1) is 0 Å². The summed E-state index contributed by atoms with van der Waals surface area (Å²) in [5.41, 5.74) is 2.91. The van der Waals surface area contributed by atoms with E-state index in [-0.39, 0.29) is 5.78 Å². The molecule has 0 saturated carbocycles. The number of carbonyl (C=O) groups excluding carboxylic acids is 1. The fraction of sp³-hybridized carbons (Fsp3) is 0.350. The summed E-state index contributed by atoms with van der Waals surface area (Å²) in [4.78, 5) is 17.2. The van der Waals surface area contributed by atoms with E-state index >= 15 is 0 Å². The summed E-state index contributed by atoms with van der Waals surface area (Å²) in [7, 11) is 0. The number of morpholine rings is 1. The number of nitrogens with zero attached hydrogens (tertiary/aromatic N) is 2. The average Bonchev–Trinajstić information content (AvgIpc) is 3.02. The van der Waals surface area contributed by atoms with E-state index in [2.05, 4.69) is 9.80 Å². The van der Waals surface area contributed by atoms with Gasteiger partial charge < -0.3 is 0 Å². The summed E-state index contributed by atoms with van der Waals surface area (Å²) in [5.74, 6) is -0.0148. The van der Waals surface area contributed by atoms with Crippen LogP contribution in [0.3, 0.4) is 0 Å². The van der Waals surface area contributed by atoms with Gasteiger partial charge in [0.2, 0.25) is 0 Å². The van der Waals surface area contributed by atoms with Gasteiger partial charge in [-0.2, -0.15) is 0 Å². The molecule has 0 spiro atoms. The number of rotatable bonds is 5. The number of carbonyl (C=O) groups is 1. The van der Waals surface area contributed by atoms with Gasteiger partial charge in [0.25, 0.3) is 0 Å². The minimum absolute atomic E-state index is 0.0148. The number of anilines is 1. The molecule has 2 aliphatic heterocycles. The molecule has 2 aromatic rings. The fourth-order valence-corrected chi connectivity index (χ4v) is 6.30. The molecule has 4 rings (SSSR count). The van der Waals surface area contributed by atoms with E-state index in [1.54, 1.807) is 0 Å². The molecule has 1 fully saturated rings. The van der Waals surface area contributed by atoms with Gasteiger partial charge in [-0.3, -0.25) is 0 Å². The number of hydrogen-bond donors (Lipinski definition) is 0. The molecule has 26 heavy (non-hydrogen) atoms. The van der Waals surface area contributed by atoms with E-state index in [4.69, 9.17) is 4.74 Å². The molecular formula is C20H22N2O3Se. The molecule has 0 radical (unpaired) electrons. The maximum absolute atomic E-state index is 12.7. The van der Waals surface area contributed by atoms with Gasteiger partial charge in [0.05, 0.1) is 0 Å². The Hall–Kier alpha value is -1.85. The third kappa shape index (κ3) is 3.64. The van der Waals surface area contributed by atoms with Crippen molar-refractivity contribution in [3.05, 3.63) is 59.7 Å². The zero-order valence-electron chi connectivity index (χ0n) is 14.6. The standard InChI is InChI=1S/C20H22N2O3Se/c23-20(16-4-2-1-3-5-16)17-6-7-18-19(14-17)26(24)15-22(18)9-8-21-10-12-25-13-11-21/h1-7,14H,8-13,15H2. The van der Waals surface area contributed by atoms with Crippen LogP contribution in [-0.4, -0.2) is 69.4 Å². The molecule has 2 heterocycles. The zero-order chi connectivity index (χ0) is 17.9. The van der Waals surface area contributed by atoms with Crippen LogP contribution in [0.1, 0.15) is 15.9 Å². The van der Waals surface area contributed by atoms with Gasteiger partial charge in [0.1, 0.15) is 0 Å². The van der Waals surface area contributed by atoms with Gasteiger partial charge in [0.15, 0.2) is 0 Å². The fourth-order valence-electron chi connectivity index (χ4n) is 3.41. The first-order valence-electron chi connectivity index (χ1n) is 8.89. The molecule has 2 aromatic carbocycles. The van der Waals surface area contributed by atoms with E-state index < -0.39 is 13.8 Å². The van der Waals surface area contributed by atoms with Crippen LogP contribution in [0.15, 0.2) is 48.5 Å². The van der Waals surface area contributed by atoms with Crippen LogP contribution in [0.2, 0.25) is 0 Å². The van der Waals surface area contributed by atoms with E-state index in [1.165, 1.54) is 0 Å². The second kappa shape index (κ2) is 7.80. The van der Waals surface area contributed by atoms with Gasteiger partial charge >= 0.3 is 157 Å². The van der Waals surface area contributed by atoms with E-state index in [9.17, 15) is 8.63 Å². The van der Waals surface area contributed by atoms with Gasteiger partial charge in [-0.25, -0.2) is 0 Å². The van der Waals surface area contributed by atoms with Crippen molar-refractivity contribution < 1.29 is 13.4 Å². The van der Waals surface area contributed by atoms with Crippen molar-refractivity contribution >= 4 is 29.8 Å². The Labute approximate surface area is 157 Å². The van der Waals surface area contributed by atoms with Crippen LogP contribution in [0.25, 0.3) is 0 Å². The average molecular weight is 417 g/mol. The third-order valence-corrected chi connectivity index (χ3v) is 7.77. The SMILES string of the molecule is O=C(c1ccccc1)c1ccc2c(c1)[Se](=O)CN2CCN1CCOCC1. The number of hydrogen-bond acceptors (Lipinski definition) is 5. The Morgan fingerprint density at radius 2 is 1.77 bits per heavy atom. The van der Waals surface area contributed by atoms with E-state index in [0.717, 1.165) is 49.5 Å². The van der Waals surface area contributed by atoms with Crippen molar-refractivity contribution in [1.29, 1.82) is 0 Å². The summed E-state index contributed by atoms with van der Waals surface area (Å²) >= 11 is -2.11. The number of fused-ring (bicyclic) bond motifs is 1. The van der Waals surface area contributed by atoms with Crippen molar-refractivity contribution in [2.45, 2.75) is 0 Å². The third-order valence-electron chi connectivity index (χ3n) is 4.91. The van der Waals surface area contributed by atoms with Crippen LogP contribution in [-0.2, 0) is 8.57 Å². The molecular weight excluding hydrogens is 395 g/mol. The van der Waals surface area contributed by atoms with Crippen LogP contribution in [0.5, 0.6) is 0 Å². The second-order valence-electron chi connectivity index (χ2n) is 6.57. The van der Waals surface area contributed by atoms with E-state index in [1.807, 2.05) is 48.5 Å². The first-order chi connectivity index (χ1) is 12.7. The monoisotopic (exact) mass is 418 g/mol. The zero-order valence-corrected chi connectivity index (χ0v) is 16.3. The topological polar surface area (TPSA) is 49.9 Å². The Morgan fingerprint density at radius 1 is 1.00 bits per heavy atom. The van der Waals surface area contributed by atoms with Crippen molar-refractivity contribution in [2.24, 2.45) is 0 Å². The normalized spacial score (nSPS) is 20.2. The molecule has 0 aromatic heterocycles. The van der Waals surface area contributed by atoms with Gasteiger partial charge in [-0.05, 0) is 0 Å². The summed E-state index contributed by atoms with van der Waals surface area (Å²) < 4.78 is 18.9. The van der Waals surface area contributed by atoms with E-state index in [0.29, 0.717) is 16.6 Å².